The summed E-state index contributed by atoms with van der Waals surface area (Å²) >= 11 is 0. The van der Waals surface area contributed by atoms with E-state index >= 15 is 0 Å². The molecule has 0 saturated carbocycles. The Bertz CT molecular complexity index is 400. The van der Waals surface area contributed by atoms with Gasteiger partial charge in [0.05, 0.1) is 5.69 Å². The average Bonchev–Trinajstić information content (AvgIpc) is 2.67. The lowest BCUT2D eigenvalue weighted by atomic mass is 10.1. The van der Waals surface area contributed by atoms with E-state index in [2.05, 4.69) is 17.1 Å². The molecule has 5 nitrogen and oxygen atoms in total. The van der Waals surface area contributed by atoms with Crippen molar-refractivity contribution in [1.82, 2.24) is 15.0 Å². The van der Waals surface area contributed by atoms with Crippen LogP contribution >= 0.6 is 0 Å². The second-order valence-corrected chi connectivity index (χ2v) is 4.99. The van der Waals surface area contributed by atoms with Crippen LogP contribution in [0, 0.1) is 13.8 Å². The van der Waals surface area contributed by atoms with Gasteiger partial charge in [-0.25, -0.2) is 0 Å². The molecular weight excluding hydrogens is 230 g/mol. The summed E-state index contributed by atoms with van der Waals surface area (Å²) in [5, 5.41) is 3.91. The van der Waals surface area contributed by atoms with Gasteiger partial charge in [-0.15, -0.1) is 0 Å². The molecule has 1 aromatic heterocycles. The van der Waals surface area contributed by atoms with Crippen molar-refractivity contribution in [2.75, 3.05) is 33.2 Å². The molecule has 18 heavy (non-hydrogen) atoms. The summed E-state index contributed by atoms with van der Waals surface area (Å²) in [6.45, 7) is 7.45. The Labute approximate surface area is 108 Å². The fourth-order valence-electron chi connectivity index (χ4n) is 2.30. The van der Waals surface area contributed by atoms with E-state index in [9.17, 15) is 4.79 Å². The van der Waals surface area contributed by atoms with Gasteiger partial charge in [-0.05, 0) is 27.3 Å². The minimum atomic E-state index is 0.239. The third-order valence-electron chi connectivity index (χ3n) is 3.63. The molecule has 0 atom stereocenters. The Balaban J connectivity index is 1.85. The number of nitrogens with zero attached hydrogens (tertiary/aromatic N) is 3. The lowest BCUT2D eigenvalue weighted by Gasteiger charge is -2.32. The molecule has 1 amide bonds. The van der Waals surface area contributed by atoms with E-state index in [-0.39, 0.29) is 5.91 Å². The Hall–Kier alpha value is -1.36. The maximum atomic E-state index is 12.1. The molecule has 100 valence electrons. The number of piperazine rings is 1. The zero-order valence-electron chi connectivity index (χ0n) is 11.4. The van der Waals surface area contributed by atoms with Crippen molar-refractivity contribution in [2.45, 2.75) is 26.7 Å². The predicted molar refractivity (Wildman–Crippen MR) is 68.4 cm³/mol. The SMILES string of the molecule is Cc1noc(C)c1CCC(=O)N1CCN(C)CC1. The monoisotopic (exact) mass is 251 g/mol. The maximum Gasteiger partial charge on any atom is 0.222 e. The van der Waals surface area contributed by atoms with E-state index in [1.807, 2.05) is 18.7 Å². The molecule has 1 aliphatic rings. The number of rotatable bonds is 3. The summed E-state index contributed by atoms with van der Waals surface area (Å²) < 4.78 is 5.11. The quantitative estimate of drug-likeness (QED) is 0.804. The third kappa shape index (κ3) is 2.90. The Morgan fingerprint density at radius 2 is 1.94 bits per heavy atom. The smallest absolute Gasteiger partial charge is 0.222 e. The summed E-state index contributed by atoms with van der Waals surface area (Å²) in [6.07, 6.45) is 1.28. The fraction of sp³-hybridized carbons (Fsp3) is 0.692. The first-order valence-electron chi connectivity index (χ1n) is 6.46. The first-order chi connectivity index (χ1) is 8.58. The van der Waals surface area contributed by atoms with Crippen molar-refractivity contribution in [2.24, 2.45) is 0 Å². The van der Waals surface area contributed by atoms with Crippen LogP contribution in [0.5, 0.6) is 0 Å². The van der Waals surface area contributed by atoms with Gasteiger partial charge in [-0.2, -0.15) is 0 Å². The highest BCUT2D eigenvalue weighted by Crippen LogP contribution is 2.15. The van der Waals surface area contributed by atoms with Crippen LogP contribution in [0.4, 0.5) is 0 Å². The van der Waals surface area contributed by atoms with Gasteiger partial charge >= 0.3 is 0 Å². The van der Waals surface area contributed by atoms with Crippen molar-refractivity contribution in [3.8, 4) is 0 Å². The summed E-state index contributed by atoms with van der Waals surface area (Å²) in [4.78, 5) is 16.3. The highest BCUT2D eigenvalue weighted by molar-refractivity contribution is 5.76. The second-order valence-electron chi connectivity index (χ2n) is 4.99. The molecule has 0 unspecified atom stereocenters. The number of likely N-dealkylation sites (N-methyl/N-ethyl adjacent to an activating group) is 1. The first kappa shape index (κ1) is 13.1. The van der Waals surface area contributed by atoms with Crippen LogP contribution < -0.4 is 0 Å². The molecule has 1 aromatic rings. The molecular formula is C13H21N3O2. The summed E-state index contributed by atoms with van der Waals surface area (Å²) in [5.74, 6) is 1.07. The van der Waals surface area contributed by atoms with Crippen molar-refractivity contribution in [1.29, 1.82) is 0 Å². The average molecular weight is 251 g/mol. The zero-order valence-corrected chi connectivity index (χ0v) is 11.4. The maximum absolute atomic E-state index is 12.1. The number of carbonyl (C=O) groups excluding carboxylic acids is 1. The van der Waals surface area contributed by atoms with Crippen molar-refractivity contribution in [3.05, 3.63) is 17.0 Å². The second kappa shape index (κ2) is 5.52. The van der Waals surface area contributed by atoms with E-state index in [1.165, 1.54) is 0 Å². The first-order valence-corrected chi connectivity index (χ1v) is 6.46. The molecule has 0 radical (unpaired) electrons. The van der Waals surface area contributed by atoms with Gasteiger partial charge in [0.25, 0.3) is 0 Å². The molecule has 2 heterocycles. The van der Waals surface area contributed by atoms with E-state index < -0.39 is 0 Å². The standard InChI is InChI=1S/C13H21N3O2/c1-10-12(11(2)18-14-10)4-5-13(17)16-8-6-15(3)7-9-16/h4-9H2,1-3H3. The molecule has 2 rings (SSSR count). The van der Waals surface area contributed by atoms with Gasteiger partial charge in [0.1, 0.15) is 5.76 Å². The van der Waals surface area contributed by atoms with E-state index in [4.69, 9.17) is 4.52 Å². The van der Waals surface area contributed by atoms with Crippen molar-refractivity contribution in [3.63, 3.8) is 0 Å². The molecule has 1 aliphatic heterocycles. The minimum absolute atomic E-state index is 0.239. The van der Waals surface area contributed by atoms with Crippen LogP contribution in [0.1, 0.15) is 23.4 Å². The fourth-order valence-corrected chi connectivity index (χ4v) is 2.30. The molecule has 1 saturated heterocycles. The predicted octanol–water partition coefficient (Wildman–Crippen LogP) is 0.998. The van der Waals surface area contributed by atoms with E-state index in [0.29, 0.717) is 6.42 Å². The van der Waals surface area contributed by atoms with Gasteiger partial charge in [0.15, 0.2) is 0 Å². The normalized spacial score (nSPS) is 17.2. The lowest BCUT2D eigenvalue weighted by molar-refractivity contribution is -0.132. The van der Waals surface area contributed by atoms with Gasteiger partial charge in [-0.3, -0.25) is 4.79 Å². The summed E-state index contributed by atoms with van der Waals surface area (Å²) in [5.41, 5.74) is 1.98. The Morgan fingerprint density at radius 3 is 2.50 bits per heavy atom. The van der Waals surface area contributed by atoms with Gasteiger partial charge in [0.2, 0.25) is 5.91 Å². The third-order valence-corrected chi connectivity index (χ3v) is 3.63. The van der Waals surface area contributed by atoms with Crippen LogP contribution in [-0.4, -0.2) is 54.1 Å². The number of carbonyl (C=O) groups is 1. The molecule has 0 aliphatic carbocycles. The molecule has 1 fully saturated rings. The van der Waals surface area contributed by atoms with E-state index in [0.717, 1.165) is 49.6 Å². The summed E-state index contributed by atoms with van der Waals surface area (Å²) in [6, 6.07) is 0. The number of aromatic nitrogens is 1. The molecule has 0 N–H and O–H groups in total. The van der Waals surface area contributed by atoms with Crippen LogP contribution in [0.25, 0.3) is 0 Å². The number of amides is 1. The number of aryl methyl sites for hydroxylation is 2. The zero-order chi connectivity index (χ0) is 13.1. The molecule has 0 spiro atoms. The molecule has 0 aromatic carbocycles. The largest absolute Gasteiger partial charge is 0.361 e. The van der Waals surface area contributed by atoms with E-state index in [1.54, 1.807) is 0 Å². The van der Waals surface area contributed by atoms with Gasteiger partial charge in [0, 0.05) is 38.2 Å². The highest BCUT2D eigenvalue weighted by atomic mass is 16.5. The Morgan fingerprint density at radius 1 is 1.28 bits per heavy atom. The number of hydrogen-bond acceptors (Lipinski definition) is 4. The molecule has 5 heteroatoms. The van der Waals surface area contributed by atoms with Crippen molar-refractivity contribution >= 4 is 5.91 Å². The summed E-state index contributed by atoms with van der Waals surface area (Å²) in [7, 11) is 2.09. The van der Waals surface area contributed by atoms with Crippen LogP contribution in [0.15, 0.2) is 4.52 Å². The van der Waals surface area contributed by atoms with Crippen LogP contribution in [-0.2, 0) is 11.2 Å². The Kier molecular flexibility index (Phi) is 4.01. The lowest BCUT2D eigenvalue weighted by Crippen LogP contribution is -2.47. The van der Waals surface area contributed by atoms with Gasteiger partial charge < -0.3 is 14.3 Å². The topological polar surface area (TPSA) is 49.6 Å². The van der Waals surface area contributed by atoms with Crippen LogP contribution in [0.3, 0.4) is 0 Å². The highest BCUT2D eigenvalue weighted by Gasteiger charge is 2.19. The van der Waals surface area contributed by atoms with Gasteiger partial charge in [-0.1, -0.05) is 5.16 Å². The van der Waals surface area contributed by atoms with Crippen LogP contribution in [0.2, 0.25) is 0 Å². The molecule has 0 bridgehead atoms. The van der Waals surface area contributed by atoms with Crippen molar-refractivity contribution < 1.29 is 9.32 Å². The number of hydrogen-bond donors (Lipinski definition) is 0. The minimum Gasteiger partial charge on any atom is -0.361 e.